The molecule has 0 saturated heterocycles. The van der Waals surface area contributed by atoms with Gasteiger partial charge in [-0.25, -0.2) is 4.79 Å². The Kier molecular flexibility index (Phi) is 8.52. The highest BCUT2D eigenvalue weighted by atomic mass is 32.2. The van der Waals surface area contributed by atoms with Gasteiger partial charge in [-0.3, -0.25) is 4.99 Å². The highest BCUT2D eigenvalue weighted by molar-refractivity contribution is 7.85. The van der Waals surface area contributed by atoms with Crippen LogP contribution in [0.3, 0.4) is 0 Å². The molecule has 0 spiro atoms. The van der Waals surface area contributed by atoms with Gasteiger partial charge in [0.1, 0.15) is 4.90 Å². The van der Waals surface area contributed by atoms with Crippen molar-refractivity contribution < 1.29 is 40.2 Å². The van der Waals surface area contributed by atoms with Crippen molar-refractivity contribution in [2.75, 3.05) is 25.5 Å². The van der Waals surface area contributed by atoms with Gasteiger partial charge in [-0.15, -0.1) is 0 Å². The first-order valence-electron chi connectivity index (χ1n) is 12.7. The third kappa shape index (κ3) is 6.43. The van der Waals surface area contributed by atoms with Crippen LogP contribution in [0.4, 0.5) is 24.5 Å². The zero-order valence-corrected chi connectivity index (χ0v) is 23.4. The number of hydrogen-bond donors (Lipinski definition) is 2. The van der Waals surface area contributed by atoms with E-state index in [9.17, 15) is 31.5 Å². The lowest BCUT2D eigenvalue weighted by molar-refractivity contribution is -0.253. The third-order valence-corrected chi connectivity index (χ3v) is 8.25. The van der Waals surface area contributed by atoms with E-state index >= 15 is 0 Å². The van der Waals surface area contributed by atoms with Crippen molar-refractivity contribution in [3.05, 3.63) is 81.9 Å². The summed E-state index contributed by atoms with van der Waals surface area (Å²) < 4.78 is 64.5. The first kappa shape index (κ1) is 29.8. The molecule has 12 heteroatoms. The second-order valence-corrected chi connectivity index (χ2v) is 11.4. The Balaban J connectivity index is 0.000000426. The molecule has 3 aromatic carbocycles. The number of nitrogens with one attached hydrogen (secondary N) is 1. The van der Waals surface area contributed by atoms with E-state index in [-0.39, 0.29) is 16.3 Å². The summed E-state index contributed by atoms with van der Waals surface area (Å²) >= 11 is 0. The number of hydrogen-bond acceptors (Lipinski definition) is 7. The number of nitrogens with zero attached hydrogens (tertiary/aromatic N) is 2. The Morgan fingerprint density at radius 3 is 2.24 bits per heavy atom. The molecule has 0 aromatic heterocycles. The number of carbonyl (C=O) groups excluding carboxylic acids is 1. The lowest BCUT2D eigenvalue weighted by Gasteiger charge is -2.11. The molecular formula is C29H29F3N3O5S+. The minimum absolute atomic E-state index is 0.0725. The first-order valence-corrected chi connectivity index (χ1v) is 14.1. The molecule has 2 heterocycles. The van der Waals surface area contributed by atoms with E-state index in [2.05, 4.69) is 46.2 Å². The number of aromatic hydroxyl groups is 1. The number of alkyl halides is 3. The van der Waals surface area contributed by atoms with Gasteiger partial charge in [0.05, 0.1) is 23.4 Å². The number of carbonyl (C=O) groups is 1. The van der Waals surface area contributed by atoms with E-state index in [1.807, 2.05) is 13.0 Å². The zero-order valence-electron chi connectivity index (χ0n) is 22.6. The zero-order chi connectivity index (χ0) is 29.9. The normalized spacial score (nSPS) is 13.8. The van der Waals surface area contributed by atoms with Crippen LogP contribution < -0.4 is 15.9 Å². The number of sulfonamides is 1. The molecule has 0 aliphatic carbocycles. The fourth-order valence-electron chi connectivity index (χ4n) is 4.42. The summed E-state index contributed by atoms with van der Waals surface area (Å²) in [7, 11) is -3.20. The second kappa shape index (κ2) is 11.7. The largest absolute Gasteiger partial charge is 0.501 e. The highest BCUT2D eigenvalue weighted by Gasteiger charge is 2.40. The topological polar surface area (TPSA) is 108 Å². The number of halogens is 3. The SMILES string of the molecule is COC(=O)C(F)(F)F.Cc1ccc(CCNc2cc3c4c(c2O)[N+](S(=O)(=O)c2ccc(C)cc2)=CC=4CCN=3)cc1. The summed E-state index contributed by atoms with van der Waals surface area (Å²) in [5, 5.41) is 15.9. The molecule has 5 rings (SSSR count). The van der Waals surface area contributed by atoms with Gasteiger partial charge in [0, 0.05) is 18.7 Å². The van der Waals surface area contributed by atoms with Crippen molar-refractivity contribution in [2.45, 2.75) is 37.8 Å². The van der Waals surface area contributed by atoms with Crippen molar-refractivity contribution in [3.63, 3.8) is 0 Å². The van der Waals surface area contributed by atoms with Crippen LogP contribution >= 0.6 is 0 Å². The van der Waals surface area contributed by atoms with E-state index < -0.39 is 22.2 Å². The van der Waals surface area contributed by atoms with Crippen LogP contribution in [-0.2, 0) is 26.0 Å². The predicted molar refractivity (Wildman–Crippen MR) is 148 cm³/mol. The number of methoxy groups -OCH3 is 1. The van der Waals surface area contributed by atoms with Crippen molar-refractivity contribution >= 4 is 39.2 Å². The fraction of sp³-hybridized carbons (Fsp3) is 0.276. The van der Waals surface area contributed by atoms with Crippen molar-refractivity contribution in [3.8, 4) is 5.75 Å². The molecule has 2 aliphatic heterocycles. The minimum atomic E-state index is -4.85. The molecule has 2 N–H and O–H groups in total. The van der Waals surface area contributed by atoms with Gasteiger partial charge in [0.15, 0.2) is 6.21 Å². The van der Waals surface area contributed by atoms with Crippen molar-refractivity contribution in [1.29, 1.82) is 0 Å². The van der Waals surface area contributed by atoms with Crippen LogP contribution in [0.25, 0.3) is 5.57 Å². The molecule has 0 radical (unpaired) electrons. The molecule has 2 aliphatic rings. The van der Waals surface area contributed by atoms with Gasteiger partial charge in [0.2, 0.25) is 5.75 Å². The highest BCUT2D eigenvalue weighted by Crippen LogP contribution is 2.35. The van der Waals surface area contributed by atoms with E-state index in [0.29, 0.717) is 42.9 Å². The molecule has 0 saturated carbocycles. The fourth-order valence-corrected chi connectivity index (χ4v) is 5.81. The number of ether oxygens (including phenoxy) is 1. The molecule has 0 amide bonds. The van der Waals surface area contributed by atoms with Gasteiger partial charge in [0.25, 0.3) is 5.69 Å². The number of aryl methyl sites for hydroxylation is 2. The van der Waals surface area contributed by atoms with E-state index in [1.54, 1.807) is 30.5 Å². The van der Waals surface area contributed by atoms with Crippen LogP contribution in [0.15, 0.2) is 64.5 Å². The predicted octanol–water partition coefficient (Wildman–Crippen LogP) is 3.68. The average Bonchev–Trinajstić information content (AvgIpc) is 3.34. The molecule has 8 nitrogen and oxygen atoms in total. The van der Waals surface area contributed by atoms with Crippen LogP contribution in [0.1, 0.15) is 23.1 Å². The summed E-state index contributed by atoms with van der Waals surface area (Å²) in [5.74, 6) is -2.24. The summed E-state index contributed by atoms with van der Waals surface area (Å²) in [6, 6.07) is 16.9. The lowest BCUT2D eigenvalue weighted by Crippen LogP contribution is -2.32. The Morgan fingerprint density at radius 2 is 1.68 bits per heavy atom. The maximum absolute atomic E-state index is 13.5. The number of rotatable bonds is 6. The average molecular weight is 589 g/mol. The Labute approximate surface area is 235 Å². The standard InChI is InChI=1S/C26H25N3O3S.C3H3F3O2/c1-17-3-7-19(8-4-17)11-13-28-23-15-22-24-20(12-14-27-22)16-29(25(24)26(23)30)33(31,32)21-9-5-18(2)6-10-21;1-8-2(7)3(4,5)6/h3-10,15-16H,11-14H2,1-2H3,(H,27,28);1H3/p+1. The monoisotopic (exact) mass is 588 g/mol. The van der Waals surface area contributed by atoms with Gasteiger partial charge in [-0.2, -0.15) is 21.6 Å². The Bertz CT molecular complexity index is 1730. The summed E-state index contributed by atoms with van der Waals surface area (Å²) in [5.41, 5.74) is 5.03. The number of benzene rings is 3. The molecule has 41 heavy (non-hydrogen) atoms. The lowest BCUT2D eigenvalue weighted by atomic mass is 10.1. The molecule has 216 valence electrons. The Hall–Kier alpha value is -4.19. The van der Waals surface area contributed by atoms with Crippen molar-refractivity contribution in [1.82, 2.24) is 0 Å². The van der Waals surface area contributed by atoms with Crippen LogP contribution in [-0.4, -0.2) is 56.1 Å². The smallest absolute Gasteiger partial charge is 0.490 e. The quantitative estimate of drug-likeness (QED) is 0.259. The van der Waals surface area contributed by atoms with E-state index in [4.69, 9.17) is 0 Å². The minimum Gasteiger partial charge on any atom is -0.501 e. The number of phenolic OH excluding ortho intramolecular Hbond substituents is 1. The molecule has 0 unspecified atom stereocenters. The Morgan fingerprint density at radius 1 is 1.07 bits per heavy atom. The van der Waals surface area contributed by atoms with Gasteiger partial charge in [-0.05, 0) is 50.5 Å². The molecule has 0 fully saturated rings. The van der Waals surface area contributed by atoms with Gasteiger partial charge < -0.3 is 15.2 Å². The maximum Gasteiger partial charge on any atom is 0.490 e. The molecule has 3 aromatic rings. The maximum atomic E-state index is 13.5. The van der Waals surface area contributed by atoms with Gasteiger partial charge >= 0.3 is 22.2 Å². The summed E-state index contributed by atoms with van der Waals surface area (Å²) in [4.78, 5) is 14.3. The first-order chi connectivity index (χ1) is 19.3. The van der Waals surface area contributed by atoms with Crippen LogP contribution in [0.5, 0.6) is 5.75 Å². The molecule has 0 atom stereocenters. The second-order valence-electron chi connectivity index (χ2n) is 9.57. The molecule has 0 bridgehead atoms. The third-order valence-electron chi connectivity index (χ3n) is 6.58. The molecular weight excluding hydrogens is 559 g/mol. The number of esters is 1. The van der Waals surface area contributed by atoms with Crippen molar-refractivity contribution in [2.24, 2.45) is 4.99 Å². The van der Waals surface area contributed by atoms with E-state index in [0.717, 1.165) is 17.6 Å². The van der Waals surface area contributed by atoms with Gasteiger partial charge in [-0.1, -0.05) is 51.5 Å². The summed E-state index contributed by atoms with van der Waals surface area (Å²) in [6.45, 7) is 5.15. The number of phenols is 1. The van der Waals surface area contributed by atoms with Crippen LogP contribution in [0, 0.1) is 13.8 Å². The van der Waals surface area contributed by atoms with E-state index in [1.165, 1.54) is 15.1 Å². The van der Waals surface area contributed by atoms with Crippen LogP contribution in [0.2, 0.25) is 0 Å². The summed E-state index contributed by atoms with van der Waals surface area (Å²) in [6.07, 6.45) is -1.81. The number of anilines is 1.